The van der Waals surface area contributed by atoms with Crippen LogP contribution in [0, 0.1) is 6.92 Å². The van der Waals surface area contributed by atoms with Crippen LogP contribution in [0.25, 0.3) is 0 Å². The topological polar surface area (TPSA) is 31.6 Å². The van der Waals surface area contributed by atoms with E-state index >= 15 is 0 Å². The van der Waals surface area contributed by atoms with E-state index in [9.17, 15) is 0 Å². The Morgan fingerprint density at radius 2 is 1.75 bits per heavy atom. The average Bonchev–Trinajstić information content (AvgIpc) is 2.87. The molecule has 108 valence electrons. The SMILES string of the molecule is CCOc1ccc(C(Cl)c2ccc(C)o2)cc1OCC. The van der Waals surface area contributed by atoms with E-state index in [1.165, 1.54) is 0 Å². The summed E-state index contributed by atoms with van der Waals surface area (Å²) in [5.41, 5.74) is 0.924. The standard InChI is InChI=1S/C16H19ClO3/c1-4-18-13-9-7-12(10-15(13)19-5-2)16(17)14-8-6-11(3)20-14/h6-10,16H,4-5H2,1-3H3. The number of ether oxygens (including phenoxy) is 2. The van der Waals surface area contributed by atoms with Gasteiger partial charge in [-0.25, -0.2) is 0 Å². The molecule has 3 nitrogen and oxygen atoms in total. The highest BCUT2D eigenvalue weighted by Crippen LogP contribution is 2.36. The highest BCUT2D eigenvalue weighted by atomic mass is 35.5. The van der Waals surface area contributed by atoms with Crippen LogP contribution in [-0.2, 0) is 0 Å². The van der Waals surface area contributed by atoms with Gasteiger partial charge in [-0.2, -0.15) is 0 Å². The third-order valence-corrected chi connectivity index (χ3v) is 3.34. The zero-order chi connectivity index (χ0) is 14.5. The Labute approximate surface area is 124 Å². The maximum absolute atomic E-state index is 6.46. The summed E-state index contributed by atoms with van der Waals surface area (Å²) in [5, 5.41) is -0.335. The quantitative estimate of drug-likeness (QED) is 0.723. The summed E-state index contributed by atoms with van der Waals surface area (Å²) >= 11 is 6.46. The molecular weight excluding hydrogens is 276 g/mol. The molecule has 0 aliphatic heterocycles. The Morgan fingerprint density at radius 3 is 2.35 bits per heavy atom. The Kier molecular flexibility index (Phi) is 4.96. The molecule has 1 atom stereocenters. The summed E-state index contributed by atoms with van der Waals surface area (Å²) in [6, 6.07) is 9.52. The smallest absolute Gasteiger partial charge is 0.161 e. The Morgan fingerprint density at radius 1 is 1.05 bits per heavy atom. The fraction of sp³-hybridized carbons (Fsp3) is 0.375. The van der Waals surface area contributed by atoms with Gasteiger partial charge in [0.05, 0.1) is 13.2 Å². The average molecular weight is 295 g/mol. The number of aryl methyl sites for hydroxylation is 1. The van der Waals surface area contributed by atoms with Gasteiger partial charge in [0.25, 0.3) is 0 Å². The minimum absolute atomic E-state index is 0.335. The van der Waals surface area contributed by atoms with Crippen LogP contribution in [0.1, 0.15) is 36.3 Å². The lowest BCUT2D eigenvalue weighted by atomic mass is 10.1. The second kappa shape index (κ2) is 6.71. The third kappa shape index (κ3) is 3.28. The molecule has 0 spiro atoms. The second-order valence-corrected chi connectivity index (χ2v) is 4.82. The van der Waals surface area contributed by atoms with Crippen LogP contribution in [0.4, 0.5) is 0 Å². The van der Waals surface area contributed by atoms with Crippen LogP contribution < -0.4 is 9.47 Å². The van der Waals surface area contributed by atoms with Crippen molar-refractivity contribution in [3.8, 4) is 11.5 Å². The Hall–Kier alpha value is -1.61. The second-order valence-electron chi connectivity index (χ2n) is 4.38. The lowest BCUT2D eigenvalue weighted by molar-refractivity contribution is 0.287. The minimum atomic E-state index is -0.335. The van der Waals surface area contributed by atoms with Gasteiger partial charge in [0.2, 0.25) is 0 Å². The molecule has 1 heterocycles. The third-order valence-electron chi connectivity index (χ3n) is 2.87. The molecule has 20 heavy (non-hydrogen) atoms. The van der Waals surface area contributed by atoms with Gasteiger partial charge < -0.3 is 13.9 Å². The number of hydrogen-bond donors (Lipinski definition) is 0. The zero-order valence-corrected chi connectivity index (χ0v) is 12.7. The van der Waals surface area contributed by atoms with Crippen LogP contribution in [0.3, 0.4) is 0 Å². The van der Waals surface area contributed by atoms with E-state index in [0.29, 0.717) is 19.0 Å². The summed E-state index contributed by atoms with van der Waals surface area (Å²) in [6.45, 7) is 6.96. The van der Waals surface area contributed by atoms with Gasteiger partial charge in [0.15, 0.2) is 11.5 Å². The van der Waals surface area contributed by atoms with Gasteiger partial charge in [-0.05, 0) is 50.6 Å². The lowest BCUT2D eigenvalue weighted by Crippen LogP contribution is -2.00. The van der Waals surface area contributed by atoms with E-state index in [-0.39, 0.29) is 5.38 Å². The molecule has 0 aliphatic rings. The van der Waals surface area contributed by atoms with E-state index in [4.69, 9.17) is 25.5 Å². The number of benzene rings is 1. The van der Waals surface area contributed by atoms with Crippen molar-refractivity contribution in [2.24, 2.45) is 0 Å². The van der Waals surface area contributed by atoms with Crippen LogP contribution in [0.2, 0.25) is 0 Å². The van der Waals surface area contributed by atoms with E-state index in [0.717, 1.165) is 22.8 Å². The molecule has 0 saturated heterocycles. The van der Waals surface area contributed by atoms with Crippen molar-refractivity contribution >= 4 is 11.6 Å². The molecule has 0 aliphatic carbocycles. The molecule has 4 heteroatoms. The molecule has 1 aromatic heterocycles. The molecule has 0 fully saturated rings. The van der Waals surface area contributed by atoms with Gasteiger partial charge in [-0.3, -0.25) is 0 Å². The number of rotatable bonds is 6. The maximum Gasteiger partial charge on any atom is 0.161 e. The van der Waals surface area contributed by atoms with E-state index in [2.05, 4.69) is 0 Å². The predicted molar refractivity (Wildman–Crippen MR) is 79.9 cm³/mol. The molecule has 2 aromatic rings. The largest absolute Gasteiger partial charge is 0.490 e. The van der Waals surface area contributed by atoms with Crippen molar-refractivity contribution in [1.82, 2.24) is 0 Å². The fourth-order valence-corrected chi connectivity index (χ4v) is 2.23. The molecule has 0 saturated carbocycles. The fourth-order valence-electron chi connectivity index (χ4n) is 1.98. The van der Waals surface area contributed by atoms with Crippen molar-refractivity contribution in [3.05, 3.63) is 47.4 Å². The number of halogens is 1. The van der Waals surface area contributed by atoms with Crippen LogP contribution in [-0.4, -0.2) is 13.2 Å². The predicted octanol–water partition coefficient (Wildman–Crippen LogP) is 4.71. The summed E-state index contributed by atoms with van der Waals surface area (Å²) < 4.78 is 16.7. The highest BCUT2D eigenvalue weighted by molar-refractivity contribution is 6.22. The summed E-state index contributed by atoms with van der Waals surface area (Å²) in [7, 11) is 0. The molecule has 2 rings (SSSR count). The van der Waals surface area contributed by atoms with Gasteiger partial charge >= 0.3 is 0 Å². The Balaban J connectivity index is 2.29. The van der Waals surface area contributed by atoms with E-state index in [1.807, 2.05) is 51.1 Å². The summed E-state index contributed by atoms with van der Waals surface area (Å²) in [4.78, 5) is 0. The molecule has 0 amide bonds. The van der Waals surface area contributed by atoms with Crippen molar-refractivity contribution in [1.29, 1.82) is 0 Å². The summed E-state index contributed by atoms with van der Waals surface area (Å²) in [6.07, 6.45) is 0. The zero-order valence-electron chi connectivity index (χ0n) is 12.0. The van der Waals surface area contributed by atoms with Crippen LogP contribution in [0.5, 0.6) is 11.5 Å². The molecule has 0 N–H and O–H groups in total. The lowest BCUT2D eigenvalue weighted by Gasteiger charge is -2.14. The molecule has 1 unspecified atom stereocenters. The first-order valence-electron chi connectivity index (χ1n) is 6.75. The van der Waals surface area contributed by atoms with E-state index < -0.39 is 0 Å². The minimum Gasteiger partial charge on any atom is -0.490 e. The van der Waals surface area contributed by atoms with Crippen LogP contribution in [0.15, 0.2) is 34.7 Å². The first-order chi connectivity index (χ1) is 9.65. The normalized spacial score (nSPS) is 12.2. The van der Waals surface area contributed by atoms with Gasteiger partial charge in [0, 0.05) is 0 Å². The molecule has 0 bridgehead atoms. The van der Waals surface area contributed by atoms with Gasteiger partial charge in [-0.1, -0.05) is 6.07 Å². The van der Waals surface area contributed by atoms with Gasteiger partial charge in [-0.15, -0.1) is 11.6 Å². The first-order valence-corrected chi connectivity index (χ1v) is 7.19. The number of alkyl halides is 1. The van der Waals surface area contributed by atoms with Gasteiger partial charge in [0.1, 0.15) is 16.9 Å². The van der Waals surface area contributed by atoms with Crippen molar-refractivity contribution in [2.45, 2.75) is 26.1 Å². The number of hydrogen-bond acceptors (Lipinski definition) is 3. The molecule has 1 aromatic carbocycles. The molecular formula is C16H19ClO3. The van der Waals surface area contributed by atoms with Crippen LogP contribution >= 0.6 is 11.6 Å². The van der Waals surface area contributed by atoms with Crippen molar-refractivity contribution in [3.63, 3.8) is 0 Å². The summed E-state index contributed by atoms with van der Waals surface area (Å²) in [5.74, 6) is 3.02. The first kappa shape index (κ1) is 14.8. The molecule has 0 radical (unpaired) electrons. The maximum atomic E-state index is 6.46. The number of furan rings is 1. The monoisotopic (exact) mass is 294 g/mol. The highest BCUT2D eigenvalue weighted by Gasteiger charge is 2.17. The van der Waals surface area contributed by atoms with E-state index in [1.54, 1.807) is 0 Å². The van der Waals surface area contributed by atoms with Crippen molar-refractivity contribution in [2.75, 3.05) is 13.2 Å². The van der Waals surface area contributed by atoms with Crippen molar-refractivity contribution < 1.29 is 13.9 Å². The Bertz CT molecular complexity index is 563.